The molecule has 1 fully saturated rings. The molecule has 1 aromatic heterocycles. The van der Waals surface area contributed by atoms with Crippen LogP contribution in [0.15, 0.2) is 42.6 Å². The minimum atomic E-state index is 0. The fraction of sp³-hybridized carbons (Fsp3) is 0.429. The van der Waals surface area contributed by atoms with Gasteiger partial charge in [0.15, 0.2) is 0 Å². The van der Waals surface area contributed by atoms with E-state index >= 15 is 0 Å². The normalized spacial score (nSPS) is 13.6. The third-order valence-corrected chi connectivity index (χ3v) is 4.79. The average Bonchev–Trinajstić information content (AvgIpc) is 2.72. The Morgan fingerprint density at radius 2 is 1.93 bits per heavy atom. The van der Waals surface area contributed by atoms with Gasteiger partial charge in [-0.15, -0.1) is 24.8 Å². The van der Waals surface area contributed by atoms with Crippen molar-refractivity contribution >= 4 is 30.7 Å². The zero-order chi connectivity index (χ0) is 18.9. The van der Waals surface area contributed by atoms with Crippen LogP contribution in [0.5, 0.6) is 17.4 Å². The van der Waals surface area contributed by atoms with Crippen LogP contribution < -0.4 is 20.1 Å². The quantitative estimate of drug-likeness (QED) is 0.644. The van der Waals surface area contributed by atoms with Gasteiger partial charge in [0, 0.05) is 31.3 Å². The molecule has 0 atom stereocenters. The molecule has 6 nitrogen and oxygen atoms in total. The number of methoxy groups -OCH3 is 1. The maximum Gasteiger partial charge on any atom is 0.220 e. The number of pyridine rings is 1. The number of carbonyl (C=O) groups excluding carboxylic acids is 1. The second kappa shape index (κ2) is 13.2. The van der Waals surface area contributed by atoms with E-state index < -0.39 is 0 Å². The van der Waals surface area contributed by atoms with E-state index in [9.17, 15) is 4.79 Å². The number of carbonyl (C=O) groups is 1. The molecule has 2 N–H and O–H groups in total. The first-order valence-electron chi connectivity index (χ1n) is 9.47. The number of amides is 1. The Morgan fingerprint density at radius 1 is 1.17 bits per heavy atom. The van der Waals surface area contributed by atoms with Crippen molar-refractivity contribution in [2.24, 2.45) is 5.92 Å². The highest BCUT2D eigenvalue weighted by Gasteiger charge is 2.14. The summed E-state index contributed by atoms with van der Waals surface area (Å²) in [5.41, 5.74) is 0.947. The van der Waals surface area contributed by atoms with Crippen molar-refractivity contribution in [2.75, 3.05) is 20.2 Å². The smallest absolute Gasteiger partial charge is 0.220 e. The molecule has 1 amide bonds. The van der Waals surface area contributed by atoms with E-state index in [-0.39, 0.29) is 30.7 Å². The van der Waals surface area contributed by atoms with Crippen LogP contribution in [0.2, 0.25) is 0 Å². The third-order valence-electron chi connectivity index (χ3n) is 4.79. The van der Waals surface area contributed by atoms with Crippen molar-refractivity contribution in [3.8, 4) is 17.4 Å². The number of benzene rings is 1. The molecule has 0 unspecified atom stereocenters. The van der Waals surface area contributed by atoms with Crippen LogP contribution in [0, 0.1) is 5.92 Å². The summed E-state index contributed by atoms with van der Waals surface area (Å²) >= 11 is 0. The minimum absolute atomic E-state index is 0. The standard InChI is InChI=1S/C21H27N3O3.2ClH/c1-26-18-3-2-4-19(13-18)27-21-8-6-17(15-24-21)14-23-20(25)7-5-16-9-11-22-12-10-16;;/h2-4,6,8,13,15-16,22H,5,7,9-12,14H2,1H3,(H,23,25);2*1H. The van der Waals surface area contributed by atoms with E-state index in [1.807, 2.05) is 24.3 Å². The lowest BCUT2D eigenvalue weighted by Crippen LogP contribution is -2.29. The Kier molecular flexibility index (Phi) is 11.4. The van der Waals surface area contributed by atoms with Crippen LogP contribution >= 0.6 is 24.8 Å². The van der Waals surface area contributed by atoms with Gasteiger partial charge in [-0.25, -0.2) is 4.98 Å². The number of rotatable bonds is 8. The van der Waals surface area contributed by atoms with Crippen molar-refractivity contribution in [2.45, 2.75) is 32.2 Å². The number of halogens is 2. The van der Waals surface area contributed by atoms with Gasteiger partial charge in [0.25, 0.3) is 0 Å². The number of piperidine rings is 1. The molecule has 1 aromatic carbocycles. The number of nitrogens with one attached hydrogen (secondary N) is 2. The molecule has 1 aliphatic heterocycles. The number of ether oxygens (including phenoxy) is 2. The molecular weight excluding hydrogens is 413 g/mol. The van der Waals surface area contributed by atoms with Gasteiger partial charge in [-0.1, -0.05) is 12.1 Å². The van der Waals surface area contributed by atoms with E-state index in [4.69, 9.17) is 9.47 Å². The van der Waals surface area contributed by atoms with E-state index in [0.29, 0.717) is 30.5 Å². The third kappa shape index (κ3) is 8.48. The van der Waals surface area contributed by atoms with Gasteiger partial charge >= 0.3 is 0 Å². The summed E-state index contributed by atoms with van der Waals surface area (Å²) in [4.78, 5) is 16.3. The van der Waals surface area contributed by atoms with Gasteiger partial charge < -0.3 is 20.1 Å². The Balaban J connectivity index is 0.00000210. The molecule has 0 saturated carbocycles. The second-order valence-corrected chi connectivity index (χ2v) is 6.79. The molecule has 0 aliphatic carbocycles. The molecule has 3 rings (SSSR count). The summed E-state index contributed by atoms with van der Waals surface area (Å²) < 4.78 is 10.9. The number of hydrogen-bond acceptors (Lipinski definition) is 5. The van der Waals surface area contributed by atoms with Crippen molar-refractivity contribution in [3.05, 3.63) is 48.2 Å². The van der Waals surface area contributed by atoms with Gasteiger partial charge in [0.05, 0.1) is 7.11 Å². The van der Waals surface area contributed by atoms with E-state index in [2.05, 4.69) is 15.6 Å². The summed E-state index contributed by atoms with van der Waals surface area (Å²) in [7, 11) is 1.62. The minimum Gasteiger partial charge on any atom is -0.497 e. The van der Waals surface area contributed by atoms with Crippen molar-refractivity contribution in [1.29, 1.82) is 0 Å². The number of hydrogen-bond donors (Lipinski definition) is 2. The van der Waals surface area contributed by atoms with Gasteiger partial charge in [-0.2, -0.15) is 0 Å². The monoisotopic (exact) mass is 441 g/mol. The summed E-state index contributed by atoms with van der Waals surface area (Å²) in [6.45, 7) is 2.63. The molecule has 0 bridgehead atoms. The van der Waals surface area contributed by atoms with Gasteiger partial charge in [0.2, 0.25) is 11.8 Å². The second-order valence-electron chi connectivity index (χ2n) is 6.79. The topological polar surface area (TPSA) is 72.5 Å². The summed E-state index contributed by atoms with van der Waals surface area (Å²) in [6, 6.07) is 11.1. The van der Waals surface area contributed by atoms with E-state index in [1.165, 1.54) is 12.8 Å². The highest BCUT2D eigenvalue weighted by atomic mass is 35.5. The van der Waals surface area contributed by atoms with Crippen LogP contribution in [0.4, 0.5) is 0 Å². The van der Waals surface area contributed by atoms with Crippen LogP contribution in [0.3, 0.4) is 0 Å². The van der Waals surface area contributed by atoms with E-state index in [1.54, 1.807) is 25.4 Å². The largest absolute Gasteiger partial charge is 0.497 e. The van der Waals surface area contributed by atoms with Crippen LogP contribution in [-0.4, -0.2) is 31.1 Å². The predicted molar refractivity (Wildman–Crippen MR) is 118 cm³/mol. The first kappa shape index (κ1) is 25.0. The lowest BCUT2D eigenvalue weighted by Gasteiger charge is -2.22. The fourth-order valence-electron chi connectivity index (χ4n) is 3.16. The Bertz CT molecular complexity index is 738. The van der Waals surface area contributed by atoms with E-state index in [0.717, 1.165) is 30.8 Å². The lowest BCUT2D eigenvalue weighted by atomic mass is 9.93. The highest BCUT2D eigenvalue weighted by Crippen LogP contribution is 2.23. The zero-order valence-electron chi connectivity index (χ0n) is 16.6. The summed E-state index contributed by atoms with van der Waals surface area (Å²) in [5.74, 6) is 2.68. The van der Waals surface area contributed by atoms with Crippen molar-refractivity contribution in [3.63, 3.8) is 0 Å². The Hall–Kier alpha value is -2.02. The Morgan fingerprint density at radius 3 is 2.62 bits per heavy atom. The number of nitrogens with zero attached hydrogens (tertiary/aromatic N) is 1. The summed E-state index contributed by atoms with van der Waals surface area (Å²) in [5, 5.41) is 6.32. The number of aromatic nitrogens is 1. The molecule has 2 aromatic rings. The van der Waals surface area contributed by atoms with Crippen molar-refractivity contribution < 1.29 is 14.3 Å². The molecule has 1 saturated heterocycles. The van der Waals surface area contributed by atoms with Crippen LogP contribution in [-0.2, 0) is 11.3 Å². The van der Waals surface area contributed by atoms with Gasteiger partial charge in [0.1, 0.15) is 11.5 Å². The maximum absolute atomic E-state index is 12.0. The molecule has 1 aliphatic rings. The van der Waals surface area contributed by atoms with Crippen molar-refractivity contribution in [1.82, 2.24) is 15.6 Å². The SMILES string of the molecule is COc1cccc(Oc2ccc(CNC(=O)CCC3CCNCC3)cn2)c1.Cl.Cl. The van der Waals surface area contributed by atoms with Gasteiger partial charge in [-0.3, -0.25) is 4.79 Å². The molecule has 2 heterocycles. The molecule has 160 valence electrons. The van der Waals surface area contributed by atoms with Crippen LogP contribution in [0.1, 0.15) is 31.2 Å². The first-order chi connectivity index (χ1) is 13.2. The first-order valence-corrected chi connectivity index (χ1v) is 9.47. The zero-order valence-corrected chi connectivity index (χ0v) is 18.2. The van der Waals surface area contributed by atoms with Crippen LogP contribution in [0.25, 0.3) is 0 Å². The highest BCUT2D eigenvalue weighted by molar-refractivity contribution is 5.85. The fourth-order valence-corrected chi connectivity index (χ4v) is 3.16. The van der Waals surface area contributed by atoms with Gasteiger partial charge in [-0.05, 0) is 56.0 Å². The lowest BCUT2D eigenvalue weighted by molar-refractivity contribution is -0.121. The Labute approximate surface area is 184 Å². The molecule has 29 heavy (non-hydrogen) atoms. The average molecular weight is 442 g/mol. The molecule has 8 heteroatoms. The molecule has 0 spiro atoms. The maximum atomic E-state index is 12.0. The predicted octanol–water partition coefficient (Wildman–Crippen LogP) is 4.12. The molecular formula is C21H29Cl2N3O3. The molecule has 0 radical (unpaired) electrons. The summed E-state index contributed by atoms with van der Waals surface area (Å²) in [6.07, 6.45) is 5.63.